The average molecular weight is 233 g/mol. The summed E-state index contributed by atoms with van der Waals surface area (Å²) < 4.78 is 22.6. The second-order valence-electron chi connectivity index (χ2n) is 4.51. The quantitative estimate of drug-likeness (QED) is 0.760. The third kappa shape index (κ3) is 4.51. The minimum atomic E-state index is -2.73. The molecule has 1 aliphatic rings. The van der Waals surface area contributed by atoms with Crippen LogP contribution < -0.4 is 5.32 Å². The Morgan fingerprint density at radius 1 is 1.40 bits per heavy atom. The van der Waals surface area contributed by atoms with Gasteiger partial charge in [-0.15, -0.1) is 0 Å². The molecule has 3 nitrogen and oxygen atoms in total. The van der Waals surface area contributed by atoms with Crippen LogP contribution in [0.15, 0.2) is 0 Å². The molecule has 0 amide bonds. The normalized spacial score (nSPS) is 26.7. The number of hydrogen-bond donors (Lipinski definition) is 1. The van der Waals surface area contributed by atoms with Gasteiger partial charge in [0, 0.05) is 12.1 Å². The Bertz CT molecular complexity index is 274. The van der Waals surface area contributed by atoms with Crippen molar-refractivity contribution in [3.8, 4) is 0 Å². The van der Waals surface area contributed by atoms with E-state index in [4.69, 9.17) is 0 Å². The molecular formula is C11H23NO2S. The van der Waals surface area contributed by atoms with E-state index in [1.54, 1.807) is 0 Å². The summed E-state index contributed by atoms with van der Waals surface area (Å²) in [6, 6.07) is 0.708. The molecular weight excluding hydrogens is 210 g/mol. The summed E-state index contributed by atoms with van der Waals surface area (Å²) in [5, 5.41) is 3.48. The van der Waals surface area contributed by atoms with Crippen molar-refractivity contribution < 1.29 is 8.42 Å². The van der Waals surface area contributed by atoms with Crippen molar-refractivity contribution >= 4 is 9.84 Å². The summed E-state index contributed by atoms with van der Waals surface area (Å²) in [5.41, 5.74) is 0. The van der Waals surface area contributed by atoms with Gasteiger partial charge in [0.05, 0.1) is 11.5 Å². The van der Waals surface area contributed by atoms with Gasteiger partial charge in [0.25, 0.3) is 0 Å². The van der Waals surface area contributed by atoms with Crippen molar-refractivity contribution in [1.29, 1.82) is 0 Å². The van der Waals surface area contributed by atoms with Crippen LogP contribution in [-0.2, 0) is 9.84 Å². The lowest BCUT2D eigenvalue weighted by molar-refractivity contribution is 0.406. The van der Waals surface area contributed by atoms with Gasteiger partial charge in [-0.3, -0.25) is 0 Å². The lowest BCUT2D eigenvalue weighted by Gasteiger charge is -2.20. The Labute approximate surface area is 93.6 Å². The smallest absolute Gasteiger partial charge is 0.151 e. The Balaban J connectivity index is 2.33. The van der Waals surface area contributed by atoms with Crippen molar-refractivity contribution in [3.63, 3.8) is 0 Å². The van der Waals surface area contributed by atoms with Crippen LogP contribution in [0.3, 0.4) is 0 Å². The molecule has 1 heterocycles. The van der Waals surface area contributed by atoms with Crippen LogP contribution in [0.1, 0.15) is 46.0 Å². The van der Waals surface area contributed by atoms with Gasteiger partial charge in [0.15, 0.2) is 9.84 Å². The first kappa shape index (κ1) is 13.0. The maximum atomic E-state index is 11.3. The summed E-state index contributed by atoms with van der Waals surface area (Å²) in [6.07, 6.45) is 5.50. The summed E-state index contributed by atoms with van der Waals surface area (Å²) in [6.45, 7) is 4.35. The van der Waals surface area contributed by atoms with E-state index in [0.717, 1.165) is 12.8 Å². The van der Waals surface area contributed by atoms with E-state index in [1.807, 2.05) is 0 Å². The van der Waals surface area contributed by atoms with Crippen LogP contribution in [0, 0.1) is 0 Å². The molecule has 0 saturated carbocycles. The molecule has 2 atom stereocenters. The number of rotatable bonds is 6. The van der Waals surface area contributed by atoms with E-state index < -0.39 is 9.84 Å². The summed E-state index contributed by atoms with van der Waals surface area (Å²) in [5.74, 6) is 0.713. The van der Waals surface area contributed by atoms with Gasteiger partial charge in [-0.25, -0.2) is 8.42 Å². The van der Waals surface area contributed by atoms with Crippen LogP contribution in [0.4, 0.5) is 0 Å². The molecule has 90 valence electrons. The molecule has 0 radical (unpaired) electrons. The van der Waals surface area contributed by atoms with Crippen molar-refractivity contribution in [2.45, 2.75) is 58.0 Å². The third-order valence-electron chi connectivity index (χ3n) is 3.10. The minimum Gasteiger partial charge on any atom is -0.310 e. The largest absolute Gasteiger partial charge is 0.310 e. The SMILES string of the molecule is CCCC[C@H](CC)N[C@@H]1CCS(=O)(=O)C1. The van der Waals surface area contributed by atoms with Crippen molar-refractivity contribution in [3.05, 3.63) is 0 Å². The molecule has 0 unspecified atom stereocenters. The maximum absolute atomic E-state index is 11.3. The Hall–Kier alpha value is -0.0900. The number of unbranched alkanes of at least 4 members (excludes halogenated alkanes) is 1. The van der Waals surface area contributed by atoms with Gasteiger partial charge < -0.3 is 5.32 Å². The van der Waals surface area contributed by atoms with Crippen LogP contribution in [0.5, 0.6) is 0 Å². The van der Waals surface area contributed by atoms with Crippen LogP contribution >= 0.6 is 0 Å². The number of nitrogens with one attached hydrogen (secondary N) is 1. The van der Waals surface area contributed by atoms with Gasteiger partial charge in [-0.2, -0.15) is 0 Å². The zero-order chi connectivity index (χ0) is 11.3. The second-order valence-corrected chi connectivity index (χ2v) is 6.74. The van der Waals surface area contributed by atoms with Crippen molar-refractivity contribution in [2.75, 3.05) is 11.5 Å². The van der Waals surface area contributed by atoms with Crippen LogP contribution in [0.25, 0.3) is 0 Å². The molecule has 0 aromatic carbocycles. The molecule has 4 heteroatoms. The van der Waals surface area contributed by atoms with Crippen LogP contribution in [0.2, 0.25) is 0 Å². The molecule has 1 rings (SSSR count). The highest BCUT2D eigenvalue weighted by atomic mass is 32.2. The fraction of sp³-hybridized carbons (Fsp3) is 1.00. The Kier molecular flexibility index (Phi) is 5.06. The van der Waals surface area contributed by atoms with E-state index >= 15 is 0 Å². The van der Waals surface area contributed by atoms with Crippen LogP contribution in [-0.4, -0.2) is 32.0 Å². The number of sulfone groups is 1. The molecule has 0 aromatic rings. The summed E-state index contributed by atoms with van der Waals surface area (Å²) in [7, 11) is -2.73. The zero-order valence-electron chi connectivity index (χ0n) is 9.83. The third-order valence-corrected chi connectivity index (χ3v) is 4.87. The maximum Gasteiger partial charge on any atom is 0.151 e. The standard InChI is InChI=1S/C11H23NO2S/c1-3-5-6-10(4-2)12-11-7-8-15(13,14)9-11/h10-12H,3-9H2,1-2H3/t10-,11+/m0/s1. The molecule has 1 saturated heterocycles. The van der Waals surface area contributed by atoms with E-state index in [9.17, 15) is 8.42 Å². The second kappa shape index (κ2) is 5.85. The van der Waals surface area contributed by atoms with Crippen molar-refractivity contribution in [1.82, 2.24) is 5.32 Å². The van der Waals surface area contributed by atoms with Gasteiger partial charge in [-0.05, 0) is 19.3 Å². The molecule has 0 aromatic heterocycles. The molecule has 1 fully saturated rings. The molecule has 15 heavy (non-hydrogen) atoms. The zero-order valence-corrected chi connectivity index (χ0v) is 10.6. The lowest BCUT2D eigenvalue weighted by Crippen LogP contribution is -2.38. The van der Waals surface area contributed by atoms with E-state index in [2.05, 4.69) is 19.2 Å². The molecule has 0 spiro atoms. The first-order valence-electron chi connectivity index (χ1n) is 6.04. The fourth-order valence-corrected chi connectivity index (χ4v) is 3.80. The van der Waals surface area contributed by atoms with E-state index in [0.29, 0.717) is 17.5 Å². The van der Waals surface area contributed by atoms with Gasteiger partial charge in [-0.1, -0.05) is 26.7 Å². The summed E-state index contributed by atoms with van der Waals surface area (Å²) in [4.78, 5) is 0. The molecule has 1 N–H and O–H groups in total. The van der Waals surface area contributed by atoms with Gasteiger partial charge >= 0.3 is 0 Å². The molecule has 1 aliphatic heterocycles. The number of hydrogen-bond acceptors (Lipinski definition) is 3. The van der Waals surface area contributed by atoms with Gasteiger partial charge in [0.1, 0.15) is 0 Å². The van der Waals surface area contributed by atoms with E-state index in [1.165, 1.54) is 19.3 Å². The van der Waals surface area contributed by atoms with E-state index in [-0.39, 0.29) is 6.04 Å². The monoisotopic (exact) mass is 233 g/mol. The average Bonchev–Trinajstić information content (AvgIpc) is 2.52. The minimum absolute atomic E-state index is 0.205. The van der Waals surface area contributed by atoms with Gasteiger partial charge in [0.2, 0.25) is 0 Å². The first-order valence-corrected chi connectivity index (χ1v) is 7.86. The summed E-state index contributed by atoms with van der Waals surface area (Å²) >= 11 is 0. The first-order chi connectivity index (χ1) is 7.07. The highest BCUT2D eigenvalue weighted by molar-refractivity contribution is 7.91. The fourth-order valence-electron chi connectivity index (χ4n) is 2.12. The highest BCUT2D eigenvalue weighted by Gasteiger charge is 2.28. The Morgan fingerprint density at radius 3 is 2.60 bits per heavy atom. The lowest BCUT2D eigenvalue weighted by atomic mass is 10.1. The highest BCUT2D eigenvalue weighted by Crippen LogP contribution is 2.14. The predicted molar refractivity (Wildman–Crippen MR) is 63.8 cm³/mol. The predicted octanol–water partition coefficient (Wildman–Crippen LogP) is 1.73. The molecule has 0 bridgehead atoms. The van der Waals surface area contributed by atoms with Crippen molar-refractivity contribution in [2.24, 2.45) is 0 Å². The topological polar surface area (TPSA) is 46.2 Å². The Morgan fingerprint density at radius 2 is 2.13 bits per heavy atom. The molecule has 0 aliphatic carbocycles.